The maximum atomic E-state index is 13.1. The summed E-state index contributed by atoms with van der Waals surface area (Å²) in [5.74, 6) is -0.848. The molecule has 0 unspecified atom stereocenters. The molecule has 0 bridgehead atoms. The number of halogens is 2. The Morgan fingerprint density at radius 1 is 1.44 bits per heavy atom. The lowest BCUT2D eigenvalue weighted by atomic mass is 10.2. The molecule has 1 rings (SSSR count). The first-order valence-corrected chi connectivity index (χ1v) is 4.74. The van der Waals surface area contributed by atoms with Gasteiger partial charge < -0.3 is 16.3 Å². The number of rotatable bonds is 5. The molecule has 0 aliphatic heterocycles. The van der Waals surface area contributed by atoms with Gasteiger partial charge in [0.15, 0.2) is 0 Å². The van der Waals surface area contributed by atoms with Gasteiger partial charge in [0.1, 0.15) is 17.5 Å². The van der Waals surface area contributed by atoms with E-state index >= 15 is 0 Å². The Morgan fingerprint density at radius 2 is 2.19 bits per heavy atom. The first-order chi connectivity index (χ1) is 7.63. The van der Waals surface area contributed by atoms with Crippen LogP contribution in [0, 0.1) is 11.6 Å². The van der Waals surface area contributed by atoms with Crippen LogP contribution in [-0.4, -0.2) is 17.6 Å². The summed E-state index contributed by atoms with van der Waals surface area (Å²) in [6.45, 7) is 0.619. The topological polar surface area (TPSA) is 70.6 Å². The van der Waals surface area contributed by atoms with E-state index in [4.69, 9.17) is 10.9 Å². The predicted molar refractivity (Wildman–Crippen MR) is 56.1 cm³/mol. The van der Waals surface area contributed by atoms with Gasteiger partial charge in [0, 0.05) is 25.1 Å². The van der Waals surface area contributed by atoms with Crippen LogP contribution in [0.4, 0.5) is 8.78 Å². The predicted octanol–water partition coefficient (Wildman–Crippen LogP) is 1.19. The van der Waals surface area contributed by atoms with Gasteiger partial charge in [0.05, 0.1) is 0 Å². The highest BCUT2D eigenvalue weighted by Gasteiger charge is 2.03. The lowest BCUT2D eigenvalue weighted by Gasteiger charge is -2.05. The van der Waals surface area contributed by atoms with Crippen LogP contribution in [0.25, 0.3) is 0 Å². The molecular formula is C10H13F2N3O. The highest BCUT2D eigenvalue weighted by Crippen LogP contribution is 2.08. The number of hydrogen-bond acceptors (Lipinski definition) is 3. The van der Waals surface area contributed by atoms with Gasteiger partial charge in [0.2, 0.25) is 0 Å². The summed E-state index contributed by atoms with van der Waals surface area (Å²) in [4.78, 5) is 0. The Balaban J connectivity index is 2.40. The third kappa shape index (κ3) is 3.82. The molecule has 0 saturated heterocycles. The number of benzene rings is 1. The van der Waals surface area contributed by atoms with E-state index in [1.54, 1.807) is 0 Å². The van der Waals surface area contributed by atoms with Crippen molar-refractivity contribution >= 4 is 5.84 Å². The first-order valence-electron chi connectivity index (χ1n) is 4.74. The number of nitrogens with two attached hydrogens (primary N) is 1. The molecule has 0 aliphatic carbocycles. The van der Waals surface area contributed by atoms with E-state index in [1.165, 1.54) is 0 Å². The molecule has 4 N–H and O–H groups in total. The quantitative estimate of drug-likeness (QED) is 0.233. The van der Waals surface area contributed by atoms with Gasteiger partial charge in [-0.05, 0) is 18.2 Å². The second-order valence-electron chi connectivity index (χ2n) is 3.25. The number of nitrogens with one attached hydrogen (secondary N) is 1. The van der Waals surface area contributed by atoms with Crippen LogP contribution in [-0.2, 0) is 6.54 Å². The molecule has 0 aromatic heterocycles. The average Bonchev–Trinajstić information content (AvgIpc) is 2.28. The fourth-order valence-electron chi connectivity index (χ4n) is 1.17. The fraction of sp³-hybridized carbons (Fsp3) is 0.300. The highest BCUT2D eigenvalue weighted by atomic mass is 19.1. The van der Waals surface area contributed by atoms with Crippen molar-refractivity contribution in [3.63, 3.8) is 0 Å². The second kappa shape index (κ2) is 6.02. The standard InChI is InChI=1S/C10H13F2N3O/c11-8-1-2-9(12)7(5-8)6-14-4-3-10(13)15-16/h1-2,5,14,16H,3-4,6H2,(H2,13,15). The average molecular weight is 229 g/mol. The molecular weight excluding hydrogens is 216 g/mol. The van der Waals surface area contributed by atoms with Gasteiger partial charge in [-0.1, -0.05) is 5.16 Å². The lowest BCUT2D eigenvalue weighted by molar-refractivity contribution is 0.316. The summed E-state index contributed by atoms with van der Waals surface area (Å²) in [5.41, 5.74) is 5.48. The van der Waals surface area contributed by atoms with Gasteiger partial charge in [-0.25, -0.2) is 8.78 Å². The summed E-state index contributed by atoms with van der Waals surface area (Å²) in [6.07, 6.45) is 0.341. The Morgan fingerprint density at radius 3 is 2.88 bits per heavy atom. The second-order valence-corrected chi connectivity index (χ2v) is 3.25. The number of nitrogens with zero attached hydrogens (tertiary/aromatic N) is 1. The summed E-state index contributed by atoms with van der Waals surface area (Å²) >= 11 is 0. The van der Waals surface area contributed by atoms with Gasteiger partial charge in [-0.3, -0.25) is 0 Å². The molecule has 88 valence electrons. The summed E-state index contributed by atoms with van der Waals surface area (Å²) in [6, 6.07) is 3.27. The van der Waals surface area contributed by atoms with Crippen LogP contribution in [0.2, 0.25) is 0 Å². The summed E-state index contributed by atoms with van der Waals surface area (Å²) < 4.78 is 25.9. The van der Waals surface area contributed by atoms with E-state index in [2.05, 4.69) is 10.5 Å². The molecule has 0 atom stereocenters. The van der Waals surface area contributed by atoms with Crippen LogP contribution in [0.3, 0.4) is 0 Å². The maximum absolute atomic E-state index is 13.1. The van der Waals surface area contributed by atoms with E-state index in [0.29, 0.717) is 13.0 Å². The van der Waals surface area contributed by atoms with E-state index in [9.17, 15) is 8.78 Å². The number of hydrogen-bond donors (Lipinski definition) is 3. The zero-order valence-corrected chi connectivity index (χ0v) is 8.58. The zero-order valence-electron chi connectivity index (χ0n) is 8.58. The third-order valence-electron chi connectivity index (χ3n) is 2.01. The fourth-order valence-corrected chi connectivity index (χ4v) is 1.17. The molecule has 4 nitrogen and oxygen atoms in total. The zero-order chi connectivity index (χ0) is 12.0. The molecule has 0 aliphatic rings. The summed E-state index contributed by atoms with van der Waals surface area (Å²) in [5, 5.41) is 13.9. The minimum absolute atomic E-state index is 0.0900. The van der Waals surface area contributed by atoms with Crippen LogP contribution in [0.15, 0.2) is 23.4 Å². The first kappa shape index (κ1) is 12.4. The molecule has 0 spiro atoms. The smallest absolute Gasteiger partial charge is 0.140 e. The van der Waals surface area contributed by atoms with Crippen LogP contribution < -0.4 is 11.1 Å². The van der Waals surface area contributed by atoms with Crippen molar-refractivity contribution in [1.82, 2.24) is 5.32 Å². The van der Waals surface area contributed by atoms with Crippen LogP contribution in [0.1, 0.15) is 12.0 Å². The highest BCUT2D eigenvalue weighted by molar-refractivity contribution is 5.79. The largest absolute Gasteiger partial charge is 0.409 e. The lowest BCUT2D eigenvalue weighted by Crippen LogP contribution is -2.22. The molecule has 16 heavy (non-hydrogen) atoms. The van der Waals surface area contributed by atoms with E-state index in [-0.39, 0.29) is 17.9 Å². The van der Waals surface area contributed by atoms with Gasteiger partial charge >= 0.3 is 0 Å². The van der Waals surface area contributed by atoms with Crippen molar-refractivity contribution in [2.24, 2.45) is 10.9 Å². The monoisotopic (exact) mass is 229 g/mol. The SMILES string of the molecule is NC(CCNCc1cc(F)ccc1F)=NO. The molecule has 6 heteroatoms. The number of amidine groups is 1. The Bertz CT molecular complexity index is 382. The third-order valence-corrected chi connectivity index (χ3v) is 2.01. The van der Waals surface area contributed by atoms with Crippen molar-refractivity contribution in [3.05, 3.63) is 35.4 Å². The molecule has 0 radical (unpaired) electrons. The molecule has 1 aromatic rings. The normalized spacial score (nSPS) is 11.8. The van der Waals surface area contributed by atoms with Crippen molar-refractivity contribution in [2.75, 3.05) is 6.54 Å². The number of oxime groups is 1. The van der Waals surface area contributed by atoms with Crippen molar-refractivity contribution in [1.29, 1.82) is 0 Å². The molecule has 1 aromatic carbocycles. The van der Waals surface area contributed by atoms with Gasteiger partial charge in [-0.15, -0.1) is 0 Å². The minimum Gasteiger partial charge on any atom is -0.409 e. The summed E-state index contributed by atoms with van der Waals surface area (Å²) in [7, 11) is 0. The van der Waals surface area contributed by atoms with Crippen LogP contribution in [0.5, 0.6) is 0 Å². The van der Waals surface area contributed by atoms with Crippen molar-refractivity contribution < 1.29 is 14.0 Å². The van der Waals surface area contributed by atoms with Crippen molar-refractivity contribution in [2.45, 2.75) is 13.0 Å². The molecule has 0 fully saturated rings. The van der Waals surface area contributed by atoms with Gasteiger partial charge in [0.25, 0.3) is 0 Å². The molecule has 0 heterocycles. The van der Waals surface area contributed by atoms with E-state index in [0.717, 1.165) is 18.2 Å². The Labute approximate surface area is 91.8 Å². The van der Waals surface area contributed by atoms with Crippen molar-refractivity contribution in [3.8, 4) is 0 Å². The molecule has 0 saturated carbocycles. The van der Waals surface area contributed by atoms with E-state index in [1.807, 2.05) is 0 Å². The van der Waals surface area contributed by atoms with E-state index < -0.39 is 11.6 Å². The Kier molecular flexibility index (Phi) is 4.65. The van der Waals surface area contributed by atoms with Crippen LogP contribution >= 0.6 is 0 Å². The van der Waals surface area contributed by atoms with Gasteiger partial charge in [-0.2, -0.15) is 0 Å². The molecule has 0 amide bonds. The maximum Gasteiger partial charge on any atom is 0.140 e. The minimum atomic E-state index is -0.477. The Hall–Kier alpha value is -1.69.